The third-order valence-electron chi connectivity index (χ3n) is 4.30. The second kappa shape index (κ2) is 13.5. The Labute approximate surface area is 132 Å². The maximum Gasteiger partial charge on any atom is -0.00173 e. The van der Waals surface area contributed by atoms with Gasteiger partial charge in [-0.05, 0) is 96.3 Å². The standard InChI is InChI=1S/C17H38N4/c1-3-18-9-5-7-11-20-14-16-13-17(16)15-21-12-8-6-10-19-4-2/h16-21H,3-15H2,1-2H3/t16-,17-/m0/s1. The van der Waals surface area contributed by atoms with Crippen molar-refractivity contribution in [3.05, 3.63) is 0 Å². The van der Waals surface area contributed by atoms with E-state index in [-0.39, 0.29) is 0 Å². The van der Waals surface area contributed by atoms with E-state index < -0.39 is 0 Å². The molecule has 2 atom stereocenters. The summed E-state index contributed by atoms with van der Waals surface area (Å²) >= 11 is 0. The van der Waals surface area contributed by atoms with Crippen LogP contribution in [0.3, 0.4) is 0 Å². The largest absolute Gasteiger partial charge is 0.317 e. The fourth-order valence-electron chi connectivity index (χ4n) is 2.74. The van der Waals surface area contributed by atoms with E-state index in [1.807, 2.05) is 0 Å². The van der Waals surface area contributed by atoms with Gasteiger partial charge in [-0.3, -0.25) is 0 Å². The third-order valence-corrected chi connectivity index (χ3v) is 4.30. The molecule has 1 rings (SSSR count). The van der Waals surface area contributed by atoms with Crippen LogP contribution in [0.2, 0.25) is 0 Å². The lowest BCUT2D eigenvalue weighted by molar-refractivity contribution is 0.531. The van der Waals surface area contributed by atoms with Crippen molar-refractivity contribution in [1.29, 1.82) is 0 Å². The Bertz CT molecular complexity index is 201. The molecule has 0 amide bonds. The van der Waals surface area contributed by atoms with Gasteiger partial charge in [-0.1, -0.05) is 13.8 Å². The minimum Gasteiger partial charge on any atom is -0.317 e. The lowest BCUT2D eigenvalue weighted by atomic mass is 10.2. The van der Waals surface area contributed by atoms with E-state index in [9.17, 15) is 0 Å². The van der Waals surface area contributed by atoms with E-state index in [2.05, 4.69) is 35.1 Å². The summed E-state index contributed by atoms with van der Waals surface area (Å²) in [6, 6.07) is 0. The Morgan fingerprint density at radius 2 is 1.00 bits per heavy atom. The average Bonchev–Trinajstić information content (AvgIpc) is 3.24. The van der Waals surface area contributed by atoms with Gasteiger partial charge in [0.1, 0.15) is 0 Å². The number of unbranched alkanes of at least 4 members (excludes halogenated alkanes) is 2. The van der Waals surface area contributed by atoms with Crippen LogP contribution in [0.25, 0.3) is 0 Å². The molecule has 4 N–H and O–H groups in total. The highest BCUT2D eigenvalue weighted by Crippen LogP contribution is 2.36. The van der Waals surface area contributed by atoms with Crippen LogP contribution in [0.15, 0.2) is 0 Å². The Balaban J connectivity index is 1.74. The summed E-state index contributed by atoms with van der Waals surface area (Å²) in [6.45, 7) is 13.7. The predicted molar refractivity (Wildman–Crippen MR) is 92.9 cm³/mol. The van der Waals surface area contributed by atoms with Crippen molar-refractivity contribution >= 4 is 0 Å². The molecule has 4 nitrogen and oxygen atoms in total. The second-order valence-corrected chi connectivity index (χ2v) is 6.29. The zero-order chi connectivity index (χ0) is 15.2. The number of hydrogen-bond acceptors (Lipinski definition) is 4. The van der Waals surface area contributed by atoms with E-state index in [0.29, 0.717) is 0 Å². The quantitative estimate of drug-likeness (QED) is 0.327. The van der Waals surface area contributed by atoms with Crippen LogP contribution < -0.4 is 21.3 Å². The Kier molecular flexibility index (Phi) is 12.1. The molecule has 0 bridgehead atoms. The van der Waals surface area contributed by atoms with Crippen LogP contribution in [0, 0.1) is 11.8 Å². The van der Waals surface area contributed by atoms with E-state index in [0.717, 1.165) is 24.9 Å². The topological polar surface area (TPSA) is 48.1 Å². The van der Waals surface area contributed by atoms with Crippen LogP contribution in [-0.4, -0.2) is 52.4 Å². The molecule has 1 aliphatic carbocycles. The first-order valence-corrected chi connectivity index (χ1v) is 9.21. The molecule has 0 aromatic carbocycles. The van der Waals surface area contributed by atoms with Crippen molar-refractivity contribution in [2.24, 2.45) is 11.8 Å². The first kappa shape index (κ1) is 18.9. The maximum absolute atomic E-state index is 3.62. The Hall–Kier alpha value is -0.160. The minimum atomic E-state index is 0.938. The van der Waals surface area contributed by atoms with Crippen molar-refractivity contribution in [2.45, 2.75) is 46.0 Å². The van der Waals surface area contributed by atoms with E-state index in [4.69, 9.17) is 0 Å². The highest BCUT2D eigenvalue weighted by Gasteiger charge is 2.35. The first-order valence-electron chi connectivity index (χ1n) is 9.21. The molecular weight excluding hydrogens is 260 g/mol. The van der Waals surface area contributed by atoms with Crippen LogP contribution in [-0.2, 0) is 0 Å². The summed E-state index contributed by atoms with van der Waals surface area (Å²) < 4.78 is 0. The fourth-order valence-corrected chi connectivity index (χ4v) is 2.74. The van der Waals surface area contributed by atoms with Crippen LogP contribution in [0.5, 0.6) is 0 Å². The van der Waals surface area contributed by atoms with Crippen molar-refractivity contribution in [3.8, 4) is 0 Å². The van der Waals surface area contributed by atoms with Gasteiger partial charge < -0.3 is 21.3 Å². The normalized spacial score (nSPS) is 20.9. The smallest absolute Gasteiger partial charge is 0.00173 e. The van der Waals surface area contributed by atoms with Crippen molar-refractivity contribution in [1.82, 2.24) is 21.3 Å². The highest BCUT2D eigenvalue weighted by atomic mass is 14.9. The monoisotopic (exact) mass is 298 g/mol. The predicted octanol–water partition coefficient (Wildman–Crippen LogP) is 1.58. The lowest BCUT2D eigenvalue weighted by Gasteiger charge is -2.06. The molecular formula is C17H38N4. The van der Waals surface area contributed by atoms with Crippen LogP contribution in [0.1, 0.15) is 46.0 Å². The SMILES string of the molecule is CCNCCCCNC[C@@H]1C[C@H]1CNCCCCNCC. The zero-order valence-corrected chi connectivity index (χ0v) is 14.3. The average molecular weight is 299 g/mol. The molecule has 21 heavy (non-hydrogen) atoms. The fraction of sp³-hybridized carbons (Fsp3) is 1.00. The molecule has 0 heterocycles. The molecule has 0 aromatic heterocycles. The van der Waals surface area contributed by atoms with Gasteiger partial charge in [0.25, 0.3) is 0 Å². The molecule has 1 aliphatic rings. The van der Waals surface area contributed by atoms with Gasteiger partial charge in [0.05, 0.1) is 0 Å². The number of rotatable bonds is 16. The Morgan fingerprint density at radius 1 is 0.619 bits per heavy atom. The number of nitrogens with one attached hydrogen (secondary N) is 4. The summed E-state index contributed by atoms with van der Waals surface area (Å²) in [5.74, 6) is 1.88. The van der Waals surface area contributed by atoms with Gasteiger partial charge in [-0.25, -0.2) is 0 Å². The van der Waals surface area contributed by atoms with Gasteiger partial charge in [0.15, 0.2) is 0 Å². The number of hydrogen-bond donors (Lipinski definition) is 4. The third kappa shape index (κ3) is 11.1. The zero-order valence-electron chi connectivity index (χ0n) is 14.3. The summed E-state index contributed by atoms with van der Waals surface area (Å²) in [6.07, 6.45) is 6.62. The first-order chi connectivity index (χ1) is 10.4. The molecule has 0 radical (unpaired) electrons. The van der Waals surface area contributed by atoms with Gasteiger partial charge in [-0.2, -0.15) is 0 Å². The molecule has 1 fully saturated rings. The van der Waals surface area contributed by atoms with E-state index in [1.165, 1.54) is 71.4 Å². The molecule has 4 heteroatoms. The molecule has 126 valence electrons. The molecule has 0 aromatic rings. The summed E-state index contributed by atoms with van der Waals surface area (Å²) in [5.41, 5.74) is 0. The van der Waals surface area contributed by atoms with Crippen molar-refractivity contribution in [3.63, 3.8) is 0 Å². The van der Waals surface area contributed by atoms with Crippen LogP contribution in [0.4, 0.5) is 0 Å². The summed E-state index contributed by atoms with van der Waals surface area (Å²) in [7, 11) is 0. The van der Waals surface area contributed by atoms with Gasteiger partial charge in [0, 0.05) is 0 Å². The Morgan fingerprint density at radius 3 is 1.38 bits per heavy atom. The molecule has 0 aliphatic heterocycles. The van der Waals surface area contributed by atoms with Gasteiger partial charge >= 0.3 is 0 Å². The molecule has 0 spiro atoms. The lowest BCUT2D eigenvalue weighted by Crippen LogP contribution is -2.23. The summed E-state index contributed by atoms with van der Waals surface area (Å²) in [4.78, 5) is 0. The van der Waals surface area contributed by atoms with Gasteiger partial charge in [0.2, 0.25) is 0 Å². The molecule has 0 saturated heterocycles. The van der Waals surface area contributed by atoms with E-state index >= 15 is 0 Å². The minimum absolute atomic E-state index is 0.938. The highest BCUT2D eigenvalue weighted by molar-refractivity contribution is 4.89. The van der Waals surface area contributed by atoms with Crippen molar-refractivity contribution in [2.75, 3.05) is 52.4 Å². The van der Waals surface area contributed by atoms with E-state index in [1.54, 1.807) is 0 Å². The van der Waals surface area contributed by atoms with Crippen molar-refractivity contribution < 1.29 is 0 Å². The van der Waals surface area contributed by atoms with Crippen LogP contribution >= 0.6 is 0 Å². The maximum atomic E-state index is 3.62. The molecule has 0 unspecified atom stereocenters. The second-order valence-electron chi connectivity index (χ2n) is 6.29. The molecule has 1 saturated carbocycles. The van der Waals surface area contributed by atoms with Gasteiger partial charge in [-0.15, -0.1) is 0 Å². The summed E-state index contributed by atoms with van der Waals surface area (Å²) in [5, 5.41) is 14.0.